The SMILES string of the molecule is CCc1nn(C)cc1CN(CC(=O)O)c1ccc(C)cc1. The van der Waals surface area contributed by atoms with Crippen molar-refractivity contribution in [2.45, 2.75) is 26.8 Å². The highest BCUT2D eigenvalue weighted by atomic mass is 16.4. The van der Waals surface area contributed by atoms with Crippen LogP contribution in [0.4, 0.5) is 5.69 Å². The summed E-state index contributed by atoms with van der Waals surface area (Å²) in [7, 11) is 1.88. The molecule has 0 bridgehead atoms. The molecule has 0 aliphatic heterocycles. The van der Waals surface area contributed by atoms with Gasteiger partial charge in [-0.25, -0.2) is 0 Å². The van der Waals surface area contributed by atoms with E-state index in [0.717, 1.165) is 28.9 Å². The molecule has 1 N–H and O–H groups in total. The molecule has 0 spiro atoms. The average Bonchev–Trinajstić information content (AvgIpc) is 2.78. The number of anilines is 1. The minimum Gasteiger partial charge on any atom is -0.480 e. The van der Waals surface area contributed by atoms with Crippen LogP contribution in [0.15, 0.2) is 30.5 Å². The van der Waals surface area contributed by atoms with Gasteiger partial charge in [0.2, 0.25) is 0 Å². The summed E-state index contributed by atoms with van der Waals surface area (Å²) in [6, 6.07) is 7.91. The maximum atomic E-state index is 11.1. The molecule has 2 aromatic rings. The topological polar surface area (TPSA) is 58.4 Å². The molecule has 0 atom stereocenters. The third kappa shape index (κ3) is 3.84. The van der Waals surface area contributed by atoms with Gasteiger partial charge in [0.25, 0.3) is 0 Å². The number of nitrogens with zero attached hydrogens (tertiary/aromatic N) is 3. The first kappa shape index (κ1) is 15.1. The van der Waals surface area contributed by atoms with Crippen LogP contribution in [0.5, 0.6) is 0 Å². The van der Waals surface area contributed by atoms with Gasteiger partial charge in [-0.3, -0.25) is 9.48 Å². The summed E-state index contributed by atoms with van der Waals surface area (Å²) < 4.78 is 1.78. The Labute approximate surface area is 124 Å². The Morgan fingerprint density at radius 2 is 2.00 bits per heavy atom. The lowest BCUT2D eigenvalue weighted by Gasteiger charge is -2.23. The molecule has 2 rings (SSSR count). The molecule has 0 saturated heterocycles. The Morgan fingerprint density at radius 3 is 2.57 bits per heavy atom. The van der Waals surface area contributed by atoms with Crippen molar-refractivity contribution in [3.05, 3.63) is 47.3 Å². The van der Waals surface area contributed by atoms with E-state index in [1.54, 1.807) is 4.68 Å². The van der Waals surface area contributed by atoms with Crippen molar-refractivity contribution in [1.82, 2.24) is 9.78 Å². The van der Waals surface area contributed by atoms with E-state index in [0.29, 0.717) is 6.54 Å². The number of benzene rings is 1. The van der Waals surface area contributed by atoms with Gasteiger partial charge in [0, 0.05) is 31.0 Å². The Hall–Kier alpha value is -2.30. The van der Waals surface area contributed by atoms with Gasteiger partial charge in [-0.05, 0) is 25.5 Å². The second-order valence-electron chi connectivity index (χ2n) is 5.21. The lowest BCUT2D eigenvalue weighted by molar-refractivity contribution is -0.135. The van der Waals surface area contributed by atoms with Gasteiger partial charge >= 0.3 is 5.97 Å². The quantitative estimate of drug-likeness (QED) is 0.886. The van der Waals surface area contributed by atoms with Crippen LogP contribution in [0.25, 0.3) is 0 Å². The van der Waals surface area contributed by atoms with E-state index in [2.05, 4.69) is 12.0 Å². The second kappa shape index (κ2) is 6.43. The van der Waals surface area contributed by atoms with Crippen LogP contribution in [0.1, 0.15) is 23.7 Å². The number of carboxylic acids is 1. The van der Waals surface area contributed by atoms with Crippen molar-refractivity contribution in [3.63, 3.8) is 0 Å². The van der Waals surface area contributed by atoms with E-state index in [9.17, 15) is 4.79 Å². The van der Waals surface area contributed by atoms with E-state index in [1.165, 1.54) is 0 Å². The van der Waals surface area contributed by atoms with E-state index in [1.807, 2.05) is 49.3 Å². The lowest BCUT2D eigenvalue weighted by Crippen LogP contribution is -2.29. The minimum atomic E-state index is -0.836. The number of aromatic nitrogens is 2. The van der Waals surface area contributed by atoms with Gasteiger partial charge < -0.3 is 10.0 Å². The van der Waals surface area contributed by atoms with Gasteiger partial charge in [0.05, 0.1) is 5.69 Å². The second-order valence-corrected chi connectivity index (χ2v) is 5.21. The fourth-order valence-electron chi connectivity index (χ4n) is 2.38. The van der Waals surface area contributed by atoms with Crippen molar-refractivity contribution in [1.29, 1.82) is 0 Å². The highest BCUT2D eigenvalue weighted by molar-refractivity contribution is 5.73. The Balaban J connectivity index is 2.27. The number of carbonyl (C=O) groups is 1. The maximum Gasteiger partial charge on any atom is 0.323 e. The Bertz CT molecular complexity index is 617. The number of aliphatic carboxylic acids is 1. The lowest BCUT2D eigenvalue weighted by atomic mass is 10.1. The average molecular weight is 287 g/mol. The molecule has 0 unspecified atom stereocenters. The Morgan fingerprint density at radius 1 is 1.33 bits per heavy atom. The van der Waals surface area contributed by atoms with Crippen LogP contribution in [-0.2, 0) is 24.8 Å². The third-order valence-electron chi connectivity index (χ3n) is 3.41. The van der Waals surface area contributed by atoms with Gasteiger partial charge in [0.1, 0.15) is 6.54 Å². The van der Waals surface area contributed by atoms with Crippen molar-refractivity contribution >= 4 is 11.7 Å². The molecule has 0 aliphatic rings. The number of hydrogen-bond donors (Lipinski definition) is 1. The monoisotopic (exact) mass is 287 g/mol. The van der Waals surface area contributed by atoms with E-state index < -0.39 is 5.97 Å². The van der Waals surface area contributed by atoms with Crippen LogP contribution in [-0.4, -0.2) is 27.4 Å². The molecule has 0 aliphatic carbocycles. The molecule has 0 radical (unpaired) electrons. The van der Waals surface area contributed by atoms with Gasteiger partial charge in [-0.15, -0.1) is 0 Å². The molecule has 1 heterocycles. The van der Waals surface area contributed by atoms with Crippen LogP contribution in [0, 0.1) is 6.92 Å². The fourth-order valence-corrected chi connectivity index (χ4v) is 2.38. The van der Waals surface area contributed by atoms with Crippen molar-refractivity contribution in [2.75, 3.05) is 11.4 Å². The molecular weight excluding hydrogens is 266 g/mol. The fraction of sp³-hybridized carbons (Fsp3) is 0.375. The normalized spacial score (nSPS) is 10.6. The van der Waals surface area contributed by atoms with Crippen molar-refractivity contribution < 1.29 is 9.90 Å². The molecular formula is C16H21N3O2. The first-order chi connectivity index (χ1) is 9.99. The molecule has 0 amide bonds. The minimum absolute atomic E-state index is 0.0267. The first-order valence-corrected chi connectivity index (χ1v) is 7.04. The predicted octanol–water partition coefficient (Wildman–Crippen LogP) is 2.38. The molecule has 1 aromatic heterocycles. The molecule has 5 heteroatoms. The number of hydrogen-bond acceptors (Lipinski definition) is 3. The summed E-state index contributed by atoms with van der Waals surface area (Å²) in [6.45, 7) is 4.59. The highest BCUT2D eigenvalue weighted by Crippen LogP contribution is 2.19. The van der Waals surface area contributed by atoms with Crippen LogP contribution in [0.2, 0.25) is 0 Å². The zero-order valence-electron chi connectivity index (χ0n) is 12.7. The summed E-state index contributed by atoms with van der Waals surface area (Å²) in [6.07, 6.45) is 2.80. The molecule has 5 nitrogen and oxygen atoms in total. The summed E-state index contributed by atoms with van der Waals surface area (Å²) >= 11 is 0. The van der Waals surface area contributed by atoms with E-state index >= 15 is 0 Å². The largest absolute Gasteiger partial charge is 0.480 e. The Kier molecular flexibility index (Phi) is 4.62. The molecule has 0 fully saturated rings. The summed E-state index contributed by atoms with van der Waals surface area (Å²) in [4.78, 5) is 13.0. The third-order valence-corrected chi connectivity index (χ3v) is 3.41. The van der Waals surface area contributed by atoms with E-state index in [-0.39, 0.29) is 6.54 Å². The highest BCUT2D eigenvalue weighted by Gasteiger charge is 2.15. The van der Waals surface area contributed by atoms with E-state index in [4.69, 9.17) is 5.11 Å². The maximum absolute atomic E-state index is 11.1. The van der Waals surface area contributed by atoms with Gasteiger partial charge in [0.15, 0.2) is 0 Å². The van der Waals surface area contributed by atoms with Crippen LogP contribution in [0.3, 0.4) is 0 Å². The van der Waals surface area contributed by atoms with Crippen molar-refractivity contribution in [2.24, 2.45) is 7.05 Å². The van der Waals surface area contributed by atoms with Crippen molar-refractivity contribution in [3.8, 4) is 0 Å². The zero-order chi connectivity index (χ0) is 15.4. The smallest absolute Gasteiger partial charge is 0.323 e. The summed E-state index contributed by atoms with van der Waals surface area (Å²) in [5, 5.41) is 13.6. The predicted molar refractivity (Wildman–Crippen MR) is 82.5 cm³/mol. The number of carboxylic acid groups (broad SMARTS) is 1. The summed E-state index contributed by atoms with van der Waals surface area (Å²) in [5.41, 5.74) is 4.15. The molecule has 112 valence electrons. The first-order valence-electron chi connectivity index (χ1n) is 7.04. The molecule has 0 saturated carbocycles. The van der Waals surface area contributed by atoms with Crippen LogP contribution < -0.4 is 4.90 Å². The zero-order valence-corrected chi connectivity index (χ0v) is 12.7. The molecule has 1 aromatic carbocycles. The summed E-state index contributed by atoms with van der Waals surface area (Å²) in [5.74, 6) is -0.836. The van der Waals surface area contributed by atoms with Gasteiger partial charge in [-0.1, -0.05) is 24.6 Å². The van der Waals surface area contributed by atoms with Gasteiger partial charge in [-0.2, -0.15) is 5.10 Å². The standard InChI is InChI=1S/C16H21N3O2/c1-4-15-13(9-18(3)17-15)10-19(11-16(20)21)14-7-5-12(2)6-8-14/h5-9H,4,10-11H2,1-3H3,(H,20,21). The number of aryl methyl sites for hydroxylation is 3. The van der Waals surface area contributed by atoms with Crippen LogP contribution >= 0.6 is 0 Å². The molecule has 21 heavy (non-hydrogen) atoms. The number of rotatable bonds is 6.